The number of nitrogens with zero attached hydrogens (tertiary/aromatic N) is 2. The van der Waals surface area contributed by atoms with Gasteiger partial charge in [0.25, 0.3) is 0 Å². The molecule has 0 aliphatic carbocycles. The molecule has 1 N–H and O–H groups in total. The maximum absolute atomic E-state index is 12.1. The normalized spacial score (nSPS) is 10.9. The van der Waals surface area contributed by atoms with E-state index in [1.54, 1.807) is 18.3 Å². The van der Waals surface area contributed by atoms with Crippen molar-refractivity contribution in [3.05, 3.63) is 94.8 Å². The standard InChI is InChI=1S/C20H18ClN3O/c21-19-8-3-5-16(13-19)9-10-20(25)22-14-17-6-1-2-7-18(17)15-24-12-4-11-23-24/h1-13H,14-15H2,(H,22,25)/b10-9+. The first kappa shape index (κ1) is 17.0. The lowest BCUT2D eigenvalue weighted by Crippen LogP contribution is -2.21. The Hall–Kier alpha value is -2.85. The van der Waals surface area contributed by atoms with Gasteiger partial charge < -0.3 is 5.32 Å². The Kier molecular flexibility index (Phi) is 5.65. The van der Waals surface area contributed by atoms with Gasteiger partial charge in [0, 0.05) is 30.0 Å². The van der Waals surface area contributed by atoms with Crippen molar-refractivity contribution in [2.45, 2.75) is 13.1 Å². The maximum Gasteiger partial charge on any atom is 0.244 e. The van der Waals surface area contributed by atoms with Crippen LogP contribution in [0.15, 0.2) is 73.1 Å². The summed E-state index contributed by atoms with van der Waals surface area (Å²) in [5.74, 6) is -0.145. The van der Waals surface area contributed by atoms with Crippen molar-refractivity contribution in [1.29, 1.82) is 0 Å². The van der Waals surface area contributed by atoms with Crippen LogP contribution < -0.4 is 5.32 Å². The molecule has 1 amide bonds. The van der Waals surface area contributed by atoms with Crippen molar-refractivity contribution in [2.75, 3.05) is 0 Å². The second-order valence-electron chi connectivity index (χ2n) is 5.58. The highest BCUT2D eigenvalue weighted by atomic mass is 35.5. The lowest BCUT2D eigenvalue weighted by molar-refractivity contribution is -0.116. The molecule has 0 saturated carbocycles. The Morgan fingerprint density at radius 1 is 1.12 bits per heavy atom. The van der Waals surface area contributed by atoms with Crippen LogP contribution >= 0.6 is 11.6 Å². The van der Waals surface area contributed by atoms with Crippen LogP contribution in [0.1, 0.15) is 16.7 Å². The predicted octanol–water partition coefficient (Wildman–Crippen LogP) is 3.91. The zero-order valence-electron chi connectivity index (χ0n) is 13.6. The summed E-state index contributed by atoms with van der Waals surface area (Å²) in [4.78, 5) is 12.1. The van der Waals surface area contributed by atoms with E-state index >= 15 is 0 Å². The molecule has 0 atom stereocenters. The molecule has 0 radical (unpaired) electrons. The summed E-state index contributed by atoms with van der Waals surface area (Å²) in [6.07, 6.45) is 6.94. The summed E-state index contributed by atoms with van der Waals surface area (Å²) in [5.41, 5.74) is 3.09. The van der Waals surface area contributed by atoms with E-state index in [-0.39, 0.29) is 5.91 Å². The topological polar surface area (TPSA) is 46.9 Å². The highest BCUT2D eigenvalue weighted by molar-refractivity contribution is 6.30. The van der Waals surface area contributed by atoms with Gasteiger partial charge in [-0.1, -0.05) is 48.0 Å². The average molecular weight is 352 g/mol. The third-order valence-electron chi connectivity index (χ3n) is 3.74. The van der Waals surface area contributed by atoms with Gasteiger partial charge in [-0.2, -0.15) is 5.10 Å². The van der Waals surface area contributed by atoms with E-state index in [9.17, 15) is 4.79 Å². The number of benzene rings is 2. The summed E-state index contributed by atoms with van der Waals surface area (Å²) in [5, 5.41) is 7.79. The highest BCUT2D eigenvalue weighted by Crippen LogP contribution is 2.12. The number of halogens is 1. The first-order valence-corrected chi connectivity index (χ1v) is 8.34. The third-order valence-corrected chi connectivity index (χ3v) is 3.97. The molecule has 0 aliphatic rings. The zero-order valence-corrected chi connectivity index (χ0v) is 14.4. The summed E-state index contributed by atoms with van der Waals surface area (Å²) in [6, 6.07) is 17.3. The SMILES string of the molecule is O=C(/C=C/c1cccc(Cl)c1)NCc1ccccc1Cn1cccn1. The number of carbonyl (C=O) groups is 1. The fraction of sp³-hybridized carbons (Fsp3) is 0.100. The summed E-state index contributed by atoms with van der Waals surface area (Å²) in [7, 11) is 0. The highest BCUT2D eigenvalue weighted by Gasteiger charge is 2.04. The van der Waals surface area contributed by atoms with E-state index in [1.807, 2.05) is 59.4 Å². The Morgan fingerprint density at radius 2 is 1.96 bits per heavy atom. The molecule has 5 heteroatoms. The van der Waals surface area contributed by atoms with Crippen LogP contribution in [0, 0.1) is 0 Å². The van der Waals surface area contributed by atoms with Gasteiger partial charge >= 0.3 is 0 Å². The second kappa shape index (κ2) is 8.31. The fourth-order valence-corrected chi connectivity index (χ4v) is 2.67. The molecule has 0 spiro atoms. The summed E-state index contributed by atoms with van der Waals surface area (Å²) >= 11 is 5.94. The van der Waals surface area contributed by atoms with Crippen LogP contribution in [0.25, 0.3) is 6.08 Å². The van der Waals surface area contributed by atoms with Crippen LogP contribution in [-0.2, 0) is 17.9 Å². The van der Waals surface area contributed by atoms with Gasteiger partial charge in [0.15, 0.2) is 0 Å². The monoisotopic (exact) mass is 351 g/mol. The van der Waals surface area contributed by atoms with Crippen LogP contribution in [0.5, 0.6) is 0 Å². The van der Waals surface area contributed by atoms with Gasteiger partial charge in [-0.3, -0.25) is 9.48 Å². The zero-order chi connectivity index (χ0) is 17.5. The van der Waals surface area contributed by atoms with Crippen molar-refractivity contribution < 1.29 is 4.79 Å². The number of amides is 1. The minimum absolute atomic E-state index is 0.145. The molecule has 126 valence electrons. The van der Waals surface area contributed by atoms with Crippen molar-refractivity contribution in [3.63, 3.8) is 0 Å². The predicted molar refractivity (Wildman–Crippen MR) is 100 cm³/mol. The van der Waals surface area contributed by atoms with E-state index in [0.717, 1.165) is 16.7 Å². The van der Waals surface area contributed by atoms with Gasteiger partial charge in [0.05, 0.1) is 6.54 Å². The van der Waals surface area contributed by atoms with Crippen molar-refractivity contribution >= 4 is 23.6 Å². The van der Waals surface area contributed by atoms with Gasteiger partial charge in [-0.05, 0) is 41.0 Å². The minimum Gasteiger partial charge on any atom is -0.348 e. The lowest BCUT2D eigenvalue weighted by Gasteiger charge is -2.10. The van der Waals surface area contributed by atoms with Gasteiger partial charge in [-0.15, -0.1) is 0 Å². The number of nitrogens with one attached hydrogen (secondary N) is 1. The largest absolute Gasteiger partial charge is 0.348 e. The molecule has 0 aliphatic heterocycles. The van der Waals surface area contributed by atoms with E-state index in [1.165, 1.54) is 6.08 Å². The molecule has 4 nitrogen and oxygen atoms in total. The van der Waals surface area contributed by atoms with Crippen LogP contribution in [0.4, 0.5) is 0 Å². The smallest absolute Gasteiger partial charge is 0.244 e. The first-order chi connectivity index (χ1) is 12.2. The van der Waals surface area contributed by atoms with Crippen molar-refractivity contribution in [1.82, 2.24) is 15.1 Å². The average Bonchev–Trinajstić information content (AvgIpc) is 3.12. The Balaban J connectivity index is 1.60. The number of carbonyl (C=O) groups excluding carboxylic acids is 1. The Labute approximate surface area is 151 Å². The van der Waals surface area contributed by atoms with E-state index in [0.29, 0.717) is 18.1 Å². The van der Waals surface area contributed by atoms with Crippen LogP contribution in [0.2, 0.25) is 5.02 Å². The van der Waals surface area contributed by atoms with Crippen LogP contribution in [-0.4, -0.2) is 15.7 Å². The second-order valence-corrected chi connectivity index (χ2v) is 6.01. The molecule has 3 aromatic rings. The number of aromatic nitrogens is 2. The summed E-state index contributed by atoms with van der Waals surface area (Å²) < 4.78 is 1.86. The maximum atomic E-state index is 12.1. The quantitative estimate of drug-likeness (QED) is 0.684. The third kappa shape index (κ3) is 5.06. The molecular formula is C20H18ClN3O. The molecule has 0 saturated heterocycles. The van der Waals surface area contributed by atoms with Crippen molar-refractivity contribution in [2.24, 2.45) is 0 Å². The molecule has 0 bridgehead atoms. The molecular weight excluding hydrogens is 334 g/mol. The molecule has 0 unspecified atom stereocenters. The number of rotatable bonds is 6. The lowest BCUT2D eigenvalue weighted by atomic mass is 10.1. The van der Waals surface area contributed by atoms with Crippen molar-refractivity contribution in [3.8, 4) is 0 Å². The Morgan fingerprint density at radius 3 is 2.72 bits per heavy atom. The molecule has 1 heterocycles. The molecule has 3 rings (SSSR count). The minimum atomic E-state index is -0.145. The van der Waals surface area contributed by atoms with Gasteiger partial charge in [-0.25, -0.2) is 0 Å². The van der Waals surface area contributed by atoms with Gasteiger partial charge in [0.1, 0.15) is 0 Å². The van der Waals surface area contributed by atoms with E-state index in [2.05, 4.69) is 10.4 Å². The molecule has 25 heavy (non-hydrogen) atoms. The number of hydrogen-bond donors (Lipinski definition) is 1. The van der Waals surface area contributed by atoms with E-state index in [4.69, 9.17) is 11.6 Å². The fourth-order valence-electron chi connectivity index (χ4n) is 2.48. The number of hydrogen-bond acceptors (Lipinski definition) is 2. The van der Waals surface area contributed by atoms with Crippen LogP contribution in [0.3, 0.4) is 0 Å². The first-order valence-electron chi connectivity index (χ1n) is 7.96. The van der Waals surface area contributed by atoms with E-state index < -0.39 is 0 Å². The molecule has 2 aromatic carbocycles. The molecule has 1 aromatic heterocycles. The summed E-state index contributed by atoms with van der Waals surface area (Å²) in [6.45, 7) is 1.15. The molecule has 0 fully saturated rings. The Bertz CT molecular complexity index is 872. The van der Waals surface area contributed by atoms with Gasteiger partial charge in [0.2, 0.25) is 5.91 Å².